The Hall–Kier alpha value is -3.72. The summed E-state index contributed by atoms with van der Waals surface area (Å²) in [5.41, 5.74) is 0.949. The van der Waals surface area contributed by atoms with Crippen LogP contribution in [0.25, 0.3) is 0 Å². The average Bonchev–Trinajstić information content (AvgIpc) is 3.20. The molecule has 9 nitrogen and oxygen atoms in total. The largest absolute Gasteiger partial charge is 0.489 e. The Labute approximate surface area is 202 Å². The number of rotatable bonds is 6. The lowest BCUT2D eigenvalue weighted by Crippen LogP contribution is -2.52. The summed E-state index contributed by atoms with van der Waals surface area (Å²) in [6, 6.07) is 7.77. The van der Waals surface area contributed by atoms with Gasteiger partial charge in [-0.25, -0.2) is 0 Å². The molecule has 2 atom stereocenters. The van der Waals surface area contributed by atoms with Crippen LogP contribution < -0.4 is 10.1 Å². The summed E-state index contributed by atoms with van der Waals surface area (Å²) in [6.45, 7) is -3.07. The van der Waals surface area contributed by atoms with Crippen molar-refractivity contribution in [3.63, 3.8) is 0 Å². The molecular formula is C25H25N3O6. The van der Waals surface area contributed by atoms with E-state index in [1.54, 1.807) is 12.1 Å². The number of hydrogen-bond donors (Lipinski definition) is 1. The number of carbonyl (C=O) groups excluding carboxylic acids is 4. The van der Waals surface area contributed by atoms with Crippen LogP contribution >= 0.6 is 0 Å². The molecule has 3 aliphatic rings. The number of imide groups is 1. The molecule has 4 amide bonds. The zero-order valence-corrected chi connectivity index (χ0v) is 18.2. The molecule has 2 saturated heterocycles. The fraction of sp³-hybridized carbons (Fsp3) is 0.360. The van der Waals surface area contributed by atoms with Crippen molar-refractivity contribution < 1.29 is 34.1 Å². The van der Waals surface area contributed by atoms with Gasteiger partial charge >= 0.3 is 0 Å². The molecule has 2 aromatic carbocycles. The predicted molar refractivity (Wildman–Crippen MR) is 119 cm³/mol. The molecular weight excluding hydrogens is 438 g/mol. The lowest BCUT2D eigenvalue weighted by Gasteiger charge is -2.29. The number of fused-ring (bicyclic) bond motifs is 1. The van der Waals surface area contributed by atoms with E-state index in [-0.39, 0.29) is 61.4 Å². The number of nitrogens with zero attached hydrogens (tertiary/aromatic N) is 2. The number of amides is 4. The van der Waals surface area contributed by atoms with Gasteiger partial charge in [0.1, 0.15) is 25.0 Å². The molecule has 2 unspecified atom stereocenters. The quantitative estimate of drug-likeness (QED) is 0.644. The molecule has 3 aliphatic heterocycles. The van der Waals surface area contributed by atoms with Gasteiger partial charge in [-0.2, -0.15) is 0 Å². The van der Waals surface area contributed by atoms with Crippen LogP contribution in [0.15, 0.2) is 42.4 Å². The van der Waals surface area contributed by atoms with Crippen LogP contribution in [0.1, 0.15) is 45.4 Å². The lowest BCUT2D eigenvalue weighted by atomic mass is 10.0. The number of hydrogen-bond acceptors (Lipinski definition) is 6. The standard InChI is InChI=1S/C25H25N3O6/c29-22-9-8-20(24(31)26-22)28-13-19-18(25(28)32)2-1-3-21(19)34-14-17-6-4-16(5-7-17)12-27-10-11-33-15-23(27)30/h1-7,20H,8-15H2,(H,26,29,31)/i6D,12D,14D2. The second kappa shape index (κ2) is 9.26. The number of nitrogens with one attached hydrogen (secondary N) is 1. The van der Waals surface area contributed by atoms with Crippen LogP contribution in [-0.2, 0) is 38.7 Å². The smallest absolute Gasteiger partial charge is 0.255 e. The minimum atomic E-state index is -2.47. The molecule has 0 radical (unpaired) electrons. The monoisotopic (exact) mass is 467 g/mol. The van der Waals surface area contributed by atoms with Gasteiger partial charge in [-0.15, -0.1) is 0 Å². The first-order valence-electron chi connectivity index (χ1n) is 13.0. The van der Waals surface area contributed by atoms with Crippen LogP contribution in [0.4, 0.5) is 0 Å². The van der Waals surface area contributed by atoms with E-state index in [1.165, 1.54) is 34.1 Å². The van der Waals surface area contributed by atoms with Crippen molar-refractivity contribution in [3.8, 4) is 5.75 Å². The third kappa shape index (κ3) is 4.38. The van der Waals surface area contributed by atoms with Crippen molar-refractivity contribution >= 4 is 23.6 Å². The highest BCUT2D eigenvalue weighted by atomic mass is 16.5. The van der Waals surface area contributed by atoms with E-state index in [2.05, 4.69) is 5.32 Å². The van der Waals surface area contributed by atoms with Gasteiger partial charge < -0.3 is 19.3 Å². The third-order valence-corrected chi connectivity index (χ3v) is 5.97. The van der Waals surface area contributed by atoms with Gasteiger partial charge in [0.2, 0.25) is 17.7 Å². The Morgan fingerprint density at radius 2 is 2.00 bits per heavy atom. The maximum absolute atomic E-state index is 13.0. The summed E-state index contributed by atoms with van der Waals surface area (Å²) < 4.78 is 44.8. The zero-order valence-electron chi connectivity index (χ0n) is 22.2. The fourth-order valence-corrected chi connectivity index (χ4v) is 4.19. The molecule has 3 heterocycles. The average molecular weight is 468 g/mol. The number of morpholine rings is 1. The van der Waals surface area contributed by atoms with Crippen molar-refractivity contribution in [2.45, 2.75) is 38.5 Å². The Kier molecular flexibility index (Phi) is 4.83. The predicted octanol–water partition coefficient (Wildman–Crippen LogP) is 1.39. The highest BCUT2D eigenvalue weighted by Gasteiger charge is 2.40. The Balaban J connectivity index is 1.36. The number of carbonyl (C=O) groups is 4. The van der Waals surface area contributed by atoms with Gasteiger partial charge in [0.05, 0.1) is 18.6 Å². The topological polar surface area (TPSA) is 105 Å². The summed E-state index contributed by atoms with van der Waals surface area (Å²) in [5, 5.41) is 2.24. The minimum absolute atomic E-state index is 0.00741. The molecule has 0 spiro atoms. The normalized spacial score (nSPS) is 23.5. The maximum Gasteiger partial charge on any atom is 0.255 e. The van der Waals surface area contributed by atoms with Crippen LogP contribution in [0.5, 0.6) is 5.75 Å². The van der Waals surface area contributed by atoms with Gasteiger partial charge in [0, 0.05) is 30.6 Å². The zero-order chi connectivity index (χ0) is 27.2. The van der Waals surface area contributed by atoms with Gasteiger partial charge in [0.15, 0.2) is 0 Å². The SMILES string of the molecule is [2H]c1cc(C([2H])N2CCOCC2=O)ccc1C([2H])([2H])Oc1cccc2c1CN(C1CCC(=O)NC1=O)C2=O. The molecule has 0 aromatic heterocycles. The number of ether oxygens (including phenoxy) is 2. The molecule has 1 N–H and O–H groups in total. The second-order valence-electron chi connectivity index (χ2n) is 8.19. The van der Waals surface area contributed by atoms with Crippen molar-refractivity contribution in [3.05, 3.63) is 64.7 Å². The minimum Gasteiger partial charge on any atom is -0.489 e. The molecule has 176 valence electrons. The van der Waals surface area contributed by atoms with E-state index in [9.17, 15) is 19.2 Å². The molecule has 5 rings (SSSR count). The van der Waals surface area contributed by atoms with Gasteiger partial charge in [-0.05, 0) is 29.7 Å². The highest BCUT2D eigenvalue weighted by Crippen LogP contribution is 2.34. The van der Waals surface area contributed by atoms with E-state index in [4.69, 9.17) is 15.0 Å². The molecule has 2 aromatic rings. The summed E-state index contributed by atoms with van der Waals surface area (Å²) in [4.78, 5) is 51.7. The van der Waals surface area contributed by atoms with E-state index in [1.807, 2.05) is 0 Å². The van der Waals surface area contributed by atoms with E-state index in [0.29, 0.717) is 17.7 Å². The Bertz CT molecular complexity index is 1340. The summed E-state index contributed by atoms with van der Waals surface area (Å²) in [7, 11) is 0. The molecule has 2 fully saturated rings. The van der Waals surface area contributed by atoms with Gasteiger partial charge in [-0.1, -0.05) is 30.3 Å². The van der Waals surface area contributed by atoms with E-state index < -0.39 is 36.8 Å². The lowest BCUT2D eigenvalue weighted by molar-refractivity contribution is -0.143. The van der Waals surface area contributed by atoms with Crippen LogP contribution in [-0.4, -0.2) is 59.2 Å². The summed E-state index contributed by atoms with van der Waals surface area (Å²) in [5.74, 6) is -1.59. The van der Waals surface area contributed by atoms with E-state index in [0.717, 1.165) is 0 Å². The maximum atomic E-state index is 13.0. The first kappa shape index (κ1) is 17.7. The van der Waals surface area contributed by atoms with Gasteiger partial charge in [0.25, 0.3) is 5.91 Å². The van der Waals surface area contributed by atoms with Crippen molar-refractivity contribution in [1.29, 1.82) is 0 Å². The highest BCUT2D eigenvalue weighted by molar-refractivity contribution is 6.05. The van der Waals surface area contributed by atoms with Crippen LogP contribution in [0.3, 0.4) is 0 Å². The van der Waals surface area contributed by atoms with Crippen LogP contribution in [0.2, 0.25) is 0 Å². The Morgan fingerprint density at radius 3 is 2.79 bits per heavy atom. The molecule has 9 heteroatoms. The first-order valence-corrected chi connectivity index (χ1v) is 10.9. The van der Waals surface area contributed by atoms with Crippen LogP contribution in [0, 0.1) is 0 Å². The van der Waals surface area contributed by atoms with Crippen molar-refractivity contribution in [1.82, 2.24) is 15.1 Å². The third-order valence-electron chi connectivity index (χ3n) is 5.97. The molecule has 0 aliphatic carbocycles. The fourth-order valence-electron chi connectivity index (χ4n) is 4.19. The summed E-state index contributed by atoms with van der Waals surface area (Å²) >= 11 is 0. The van der Waals surface area contributed by atoms with E-state index >= 15 is 0 Å². The first-order chi connectivity index (χ1) is 18.1. The Morgan fingerprint density at radius 1 is 1.15 bits per heavy atom. The molecule has 0 bridgehead atoms. The van der Waals surface area contributed by atoms with Crippen molar-refractivity contribution in [2.24, 2.45) is 0 Å². The summed E-state index contributed by atoms with van der Waals surface area (Å²) in [6.07, 6.45) is 0.312. The molecule has 34 heavy (non-hydrogen) atoms. The number of piperidine rings is 1. The molecule has 0 saturated carbocycles. The van der Waals surface area contributed by atoms with Gasteiger partial charge in [-0.3, -0.25) is 24.5 Å². The van der Waals surface area contributed by atoms with Crippen molar-refractivity contribution in [2.75, 3.05) is 19.8 Å². The number of benzene rings is 2. The second-order valence-corrected chi connectivity index (χ2v) is 8.19.